The molecule has 0 saturated heterocycles. The van der Waals surface area contributed by atoms with Gasteiger partial charge in [0.2, 0.25) is 0 Å². The van der Waals surface area contributed by atoms with Crippen LogP contribution >= 0.6 is 0 Å². The Hall–Kier alpha value is -1.35. The van der Waals surface area contributed by atoms with E-state index in [4.69, 9.17) is 9.84 Å². The predicted octanol–water partition coefficient (Wildman–Crippen LogP) is 3.77. The molecule has 3 heteroatoms. The van der Waals surface area contributed by atoms with Crippen LogP contribution in [-0.4, -0.2) is 17.2 Å². The van der Waals surface area contributed by atoms with Gasteiger partial charge in [-0.3, -0.25) is 4.79 Å². The van der Waals surface area contributed by atoms with E-state index in [0.29, 0.717) is 6.61 Å². The van der Waals surface area contributed by atoms with Crippen molar-refractivity contribution in [3.8, 4) is 0 Å². The van der Waals surface area contributed by atoms with Crippen molar-refractivity contribution in [2.45, 2.75) is 59.2 Å². The summed E-state index contributed by atoms with van der Waals surface area (Å²) in [5.41, 5.74) is 5.12. The first kappa shape index (κ1) is 15.0. The van der Waals surface area contributed by atoms with E-state index in [2.05, 4.69) is 32.9 Å². The van der Waals surface area contributed by atoms with Gasteiger partial charge in [-0.15, -0.1) is 0 Å². The molecular weight excluding hydrogens is 252 g/mol. The van der Waals surface area contributed by atoms with Crippen LogP contribution in [0.2, 0.25) is 0 Å². The molecule has 0 radical (unpaired) electrons. The third-order valence-electron chi connectivity index (χ3n) is 4.33. The Labute approximate surface area is 121 Å². The third kappa shape index (κ3) is 3.60. The molecule has 1 saturated carbocycles. The number of rotatable bonds is 4. The summed E-state index contributed by atoms with van der Waals surface area (Å²) >= 11 is 0. The number of carboxylic acids is 1. The quantitative estimate of drug-likeness (QED) is 0.910. The number of aliphatic carboxylic acids is 1. The minimum atomic E-state index is -0.659. The van der Waals surface area contributed by atoms with Crippen molar-refractivity contribution in [2.24, 2.45) is 5.92 Å². The number of aryl methyl sites for hydroxylation is 3. The highest BCUT2D eigenvalue weighted by Crippen LogP contribution is 2.27. The van der Waals surface area contributed by atoms with E-state index in [1.54, 1.807) is 0 Å². The lowest BCUT2D eigenvalue weighted by Gasteiger charge is -2.26. The summed E-state index contributed by atoms with van der Waals surface area (Å²) in [7, 11) is 0. The van der Waals surface area contributed by atoms with Gasteiger partial charge in [-0.25, -0.2) is 0 Å². The van der Waals surface area contributed by atoms with Crippen LogP contribution in [0, 0.1) is 26.7 Å². The fourth-order valence-corrected chi connectivity index (χ4v) is 3.12. The number of ether oxygens (including phenoxy) is 1. The van der Waals surface area contributed by atoms with Gasteiger partial charge in [0, 0.05) is 0 Å². The van der Waals surface area contributed by atoms with Crippen LogP contribution < -0.4 is 0 Å². The van der Waals surface area contributed by atoms with Gasteiger partial charge in [0.15, 0.2) is 0 Å². The summed E-state index contributed by atoms with van der Waals surface area (Å²) in [6.45, 7) is 7.00. The lowest BCUT2D eigenvalue weighted by atomic mass is 9.87. The molecule has 0 spiro atoms. The molecule has 1 fully saturated rings. The monoisotopic (exact) mass is 276 g/mol. The summed E-state index contributed by atoms with van der Waals surface area (Å²) in [4.78, 5) is 10.9. The molecule has 110 valence electrons. The molecule has 1 aliphatic carbocycles. The fraction of sp³-hybridized carbons (Fsp3) is 0.588. The molecule has 1 aliphatic rings. The van der Waals surface area contributed by atoms with Crippen molar-refractivity contribution in [1.82, 2.24) is 0 Å². The SMILES string of the molecule is Cc1cc(C)c(COC2CCC(C(=O)O)CC2)c(C)c1. The van der Waals surface area contributed by atoms with E-state index >= 15 is 0 Å². The molecule has 0 heterocycles. The molecule has 1 aromatic carbocycles. The molecule has 3 nitrogen and oxygen atoms in total. The number of carboxylic acid groups (broad SMARTS) is 1. The van der Waals surface area contributed by atoms with Crippen LogP contribution in [0.15, 0.2) is 12.1 Å². The zero-order valence-corrected chi connectivity index (χ0v) is 12.6. The summed E-state index contributed by atoms with van der Waals surface area (Å²) < 4.78 is 6.01. The van der Waals surface area contributed by atoms with Crippen molar-refractivity contribution in [3.63, 3.8) is 0 Å². The maximum atomic E-state index is 10.9. The molecule has 0 aromatic heterocycles. The minimum absolute atomic E-state index is 0.169. The van der Waals surface area contributed by atoms with Gasteiger partial charge in [0.25, 0.3) is 0 Å². The highest BCUT2D eigenvalue weighted by molar-refractivity contribution is 5.70. The second-order valence-corrected chi connectivity index (χ2v) is 6.00. The number of hydrogen-bond donors (Lipinski definition) is 1. The largest absolute Gasteiger partial charge is 0.481 e. The van der Waals surface area contributed by atoms with Crippen LogP contribution in [0.5, 0.6) is 0 Å². The molecule has 20 heavy (non-hydrogen) atoms. The molecule has 0 unspecified atom stereocenters. The fourth-order valence-electron chi connectivity index (χ4n) is 3.12. The van der Waals surface area contributed by atoms with Crippen LogP contribution in [-0.2, 0) is 16.1 Å². The van der Waals surface area contributed by atoms with Gasteiger partial charge >= 0.3 is 5.97 Å². The van der Waals surface area contributed by atoms with Crippen molar-refractivity contribution in [1.29, 1.82) is 0 Å². The van der Waals surface area contributed by atoms with E-state index in [9.17, 15) is 4.79 Å². The number of carbonyl (C=O) groups is 1. The van der Waals surface area contributed by atoms with E-state index in [-0.39, 0.29) is 12.0 Å². The first-order valence-corrected chi connectivity index (χ1v) is 7.38. The van der Waals surface area contributed by atoms with Gasteiger partial charge < -0.3 is 9.84 Å². The van der Waals surface area contributed by atoms with E-state index in [0.717, 1.165) is 25.7 Å². The maximum absolute atomic E-state index is 10.9. The number of benzene rings is 1. The molecule has 0 bridgehead atoms. The van der Waals surface area contributed by atoms with Crippen LogP contribution in [0.4, 0.5) is 0 Å². The number of hydrogen-bond acceptors (Lipinski definition) is 2. The average molecular weight is 276 g/mol. The Balaban J connectivity index is 1.89. The molecule has 1 aromatic rings. The Kier molecular flexibility index (Phi) is 4.81. The van der Waals surface area contributed by atoms with Gasteiger partial charge in [-0.1, -0.05) is 17.7 Å². The molecule has 0 atom stereocenters. The Bertz CT molecular complexity index is 462. The maximum Gasteiger partial charge on any atom is 0.306 e. The Morgan fingerprint density at radius 3 is 2.20 bits per heavy atom. The minimum Gasteiger partial charge on any atom is -0.481 e. The van der Waals surface area contributed by atoms with Crippen LogP contribution in [0.3, 0.4) is 0 Å². The Morgan fingerprint density at radius 2 is 1.70 bits per heavy atom. The topological polar surface area (TPSA) is 46.5 Å². The van der Waals surface area contributed by atoms with Gasteiger partial charge in [-0.05, 0) is 63.1 Å². The van der Waals surface area contributed by atoms with E-state index < -0.39 is 5.97 Å². The predicted molar refractivity (Wildman–Crippen MR) is 78.8 cm³/mol. The zero-order valence-electron chi connectivity index (χ0n) is 12.6. The van der Waals surface area contributed by atoms with Crippen LogP contribution in [0.25, 0.3) is 0 Å². The highest BCUT2D eigenvalue weighted by Gasteiger charge is 2.26. The second-order valence-electron chi connectivity index (χ2n) is 6.00. The second kappa shape index (κ2) is 6.40. The zero-order chi connectivity index (χ0) is 14.7. The summed E-state index contributed by atoms with van der Waals surface area (Å²) in [6.07, 6.45) is 3.42. The van der Waals surface area contributed by atoms with Gasteiger partial charge in [0.1, 0.15) is 0 Å². The first-order chi connectivity index (χ1) is 9.47. The lowest BCUT2D eigenvalue weighted by Crippen LogP contribution is -2.26. The molecule has 0 amide bonds. The van der Waals surface area contributed by atoms with Crippen molar-refractivity contribution in [2.75, 3.05) is 0 Å². The van der Waals surface area contributed by atoms with Gasteiger partial charge in [0.05, 0.1) is 18.6 Å². The molecule has 0 aliphatic heterocycles. The van der Waals surface area contributed by atoms with Crippen LogP contribution in [0.1, 0.15) is 47.9 Å². The van der Waals surface area contributed by atoms with Gasteiger partial charge in [-0.2, -0.15) is 0 Å². The van der Waals surface area contributed by atoms with E-state index in [1.165, 1.54) is 22.3 Å². The summed E-state index contributed by atoms with van der Waals surface area (Å²) in [6, 6.07) is 4.38. The normalized spacial score (nSPS) is 22.8. The first-order valence-electron chi connectivity index (χ1n) is 7.38. The summed E-state index contributed by atoms with van der Waals surface area (Å²) in [5.74, 6) is -0.827. The summed E-state index contributed by atoms with van der Waals surface area (Å²) in [5, 5.41) is 8.99. The van der Waals surface area contributed by atoms with Crippen molar-refractivity contribution >= 4 is 5.97 Å². The standard InChI is InChI=1S/C17H24O3/c1-11-8-12(2)16(13(3)9-11)10-20-15-6-4-14(5-7-15)17(18)19/h8-9,14-15H,4-7,10H2,1-3H3,(H,18,19). The Morgan fingerprint density at radius 1 is 1.15 bits per heavy atom. The smallest absolute Gasteiger partial charge is 0.306 e. The van der Waals surface area contributed by atoms with Crippen molar-refractivity contribution < 1.29 is 14.6 Å². The molecule has 1 N–H and O–H groups in total. The molecule has 2 rings (SSSR count). The lowest BCUT2D eigenvalue weighted by molar-refractivity contribution is -0.143. The van der Waals surface area contributed by atoms with Crippen molar-refractivity contribution in [3.05, 3.63) is 34.4 Å². The highest BCUT2D eigenvalue weighted by atomic mass is 16.5. The third-order valence-corrected chi connectivity index (χ3v) is 4.33. The average Bonchev–Trinajstić information content (AvgIpc) is 2.38. The molecular formula is C17H24O3. The van der Waals surface area contributed by atoms with E-state index in [1.807, 2.05) is 0 Å².